The third-order valence-electron chi connectivity index (χ3n) is 4.78. The molecule has 4 rings (SSSR count). The molecule has 0 bridgehead atoms. The lowest BCUT2D eigenvalue weighted by Crippen LogP contribution is -2.27. The molecule has 4 heterocycles. The van der Waals surface area contributed by atoms with Gasteiger partial charge in [-0.1, -0.05) is 6.07 Å². The summed E-state index contributed by atoms with van der Waals surface area (Å²) in [6.45, 7) is 5.81. The second-order valence-electron chi connectivity index (χ2n) is 6.67. The number of carbonyl (C=O) groups excluding carboxylic acids is 1. The topological polar surface area (TPSA) is 90.5 Å². The Morgan fingerprint density at radius 3 is 2.71 bits per heavy atom. The summed E-state index contributed by atoms with van der Waals surface area (Å²) in [5.74, 6) is -0.161. The van der Waals surface area contributed by atoms with Gasteiger partial charge in [-0.15, -0.1) is 0 Å². The molecule has 0 spiro atoms. The molecule has 0 radical (unpaired) electrons. The van der Waals surface area contributed by atoms with Crippen LogP contribution in [-0.4, -0.2) is 41.5 Å². The Kier molecular flexibility index (Phi) is 4.84. The second kappa shape index (κ2) is 7.59. The highest BCUT2D eigenvalue weighted by atomic mass is 16.1. The van der Waals surface area contributed by atoms with Crippen molar-refractivity contribution in [2.24, 2.45) is 0 Å². The standard InChI is InChI=1S/C20H21N7O/c1-14-15(2)26(12-24-14)7-6-22-20(28)17-8-18-19(23-10-17)27(13-25-18)11-16-4-3-5-21-9-16/h3-5,8-10,12-13H,6-7,11H2,1-2H3,(H,22,28). The van der Waals surface area contributed by atoms with Crippen LogP contribution in [0.4, 0.5) is 0 Å². The summed E-state index contributed by atoms with van der Waals surface area (Å²) in [5.41, 5.74) is 5.11. The number of aromatic nitrogens is 6. The van der Waals surface area contributed by atoms with Crippen molar-refractivity contribution < 1.29 is 4.79 Å². The third-order valence-corrected chi connectivity index (χ3v) is 4.78. The molecule has 0 saturated heterocycles. The molecule has 0 atom stereocenters. The Hall–Kier alpha value is -3.55. The van der Waals surface area contributed by atoms with E-state index in [0.717, 1.165) is 22.6 Å². The van der Waals surface area contributed by atoms with Gasteiger partial charge in [0, 0.05) is 37.4 Å². The molecule has 4 aromatic heterocycles. The van der Waals surface area contributed by atoms with Crippen LogP contribution in [0, 0.1) is 13.8 Å². The number of carbonyl (C=O) groups is 1. The summed E-state index contributed by atoms with van der Waals surface area (Å²) in [4.78, 5) is 29.7. The molecule has 8 heteroatoms. The number of nitrogens with one attached hydrogen (secondary N) is 1. The molecule has 4 aromatic rings. The van der Waals surface area contributed by atoms with Crippen molar-refractivity contribution in [2.75, 3.05) is 6.54 Å². The first-order chi connectivity index (χ1) is 13.6. The summed E-state index contributed by atoms with van der Waals surface area (Å²) >= 11 is 0. The normalized spacial score (nSPS) is 11.1. The van der Waals surface area contributed by atoms with E-state index in [1.807, 2.05) is 41.3 Å². The lowest BCUT2D eigenvalue weighted by Gasteiger charge is -2.08. The van der Waals surface area contributed by atoms with Crippen molar-refractivity contribution >= 4 is 17.1 Å². The number of fused-ring (bicyclic) bond motifs is 1. The highest BCUT2D eigenvalue weighted by molar-refractivity contribution is 5.96. The minimum Gasteiger partial charge on any atom is -0.350 e. The van der Waals surface area contributed by atoms with Gasteiger partial charge in [0.15, 0.2) is 5.65 Å². The van der Waals surface area contributed by atoms with Gasteiger partial charge in [0.2, 0.25) is 0 Å². The molecule has 1 N–H and O–H groups in total. The zero-order valence-electron chi connectivity index (χ0n) is 15.8. The molecule has 0 aliphatic rings. The van der Waals surface area contributed by atoms with Crippen LogP contribution in [0.25, 0.3) is 11.2 Å². The SMILES string of the molecule is Cc1ncn(CCNC(=O)c2cnc3c(c2)ncn3Cc2cccnc2)c1C. The molecule has 0 saturated carbocycles. The van der Waals surface area contributed by atoms with Crippen molar-refractivity contribution in [3.05, 3.63) is 72.0 Å². The Bertz CT molecular complexity index is 1110. The van der Waals surface area contributed by atoms with Gasteiger partial charge in [0.1, 0.15) is 5.52 Å². The average molecular weight is 375 g/mol. The molecule has 0 aliphatic carbocycles. The van der Waals surface area contributed by atoms with E-state index in [2.05, 4.69) is 25.3 Å². The van der Waals surface area contributed by atoms with Gasteiger partial charge in [-0.25, -0.2) is 15.0 Å². The smallest absolute Gasteiger partial charge is 0.252 e. The fourth-order valence-corrected chi connectivity index (χ4v) is 3.04. The fraction of sp³-hybridized carbons (Fsp3) is 0.250. The molecular weight excluding hydrogens is 354 g/mol. The molecule has 0 aromatic carbocycles. The van der Waals surface area contributed by atoms with Crippen molar-refractivity contribution in [1.82, 2.24) is 34.4 Å². The van der Waals surface area contributed by atoms with Crippen LogP contribution in [0.1, 0.15) is 27.3 Å². The number of pyridine rings is 2. The molecule has 8 nitrogen and oxygen atoms in total. The van der Waals surface area contributed by atoms with Gasteiger partial charge in [-0.05, 0) is 31.5 Å². The summed E-state index contributed by atoms with van der Waals surface area (Å²) in [5, 5.41) is 2.92. The Labute approximate surface area is 162 Å². The largest absolute Gasteiger partial charge is 0.350 e. The number of nitrogens with zero attached hydrogens (tertiary/aromatic N) is 6. The summed E-state index contributed by atoms with van der Waals surface area (Å²) in [7, 11) is 0. The Morgan fingerprint density at radius 1 is 1.11 bits per heavy atom. The van der Waals surface area contributed by atoms with Crippen LogP contribution in [0.2, 0.25) is 0 Å². The first-order valence-electron chi connectivity index (χ1n) is 9.08. The van der Waals surface area contributed by atoms with Gasteiger partial charge < -0.3 is 14.5 Å². The first-order valence-corrected chi connectivity index (χ1v) is 9.08. The lowest BCUT2D eigenvalue weighted by molar-refractivity contribution is 0.0952. The molecule has 28 heavy (non-hydrogen) atoms. The van der Waals surface area contributed by atoms with Crippen LogP contribution in [0.3, 0.4) is 0 Å². The molecule has 0 unspecified atom stereocenters. The van der Waals surface area contributed by atoms with E-state index in [1.54, 1.807) is 31.1 Å². The minimum atomic E-state index is -0.161. The van der Waals surface area contributed by atoms with Gasteiger partial charge in [0.05, 0.1) is 30.5 Å². The molecule has 0 aliphatic heterocycles. The predicted octanol–water partition coefficient (Wildman–Crippen LogP) is 2.12. The van der Waals surface area contributed by atoms with E-state index in [9.17, 15) is 4.79 Å². The van der Waals surface area contributed by atoms with Crippen LogP contribution in [0.5, 0.6) is 0 Å². The van der Waals surface area contributed by atoms with E-state index >= 15 is 0 Å². The van der Waals surface area contributed by atoms with Gasteiger partial charge in [-0.3, -0.25) is 9.78 Å². The lowest BCUT2D eigenvalue weighted by atomic mass is 10.2. The fourth-order valence-electron chi connectivity index (χ4n) is 3.04. The van der Waals surface area contributed by atoms with Crippen LogP contribution < -0.4 is 5.32 Å². The first kappa shape index (κ1) is 17.8. The number of aryl methyl sites for hydroxylation is 1. The van der Waals surface area contributed by atoms with E-state index in [4.69, 9.17) is 0 Å². The van der Waals surface area contributed by atoms with E-state index < -0.39 is 0 Å². The monoisotopic (exact) mass is 375 g/mol. The van der Waals surface area contributed by atoms with Gasteiger partial charge in [0.25, 0.3) is 5.91 Å². The van der Waals surface area contributed by atoms with Crippen LogP contribution >= 0.6 is 0 Å². The maximum Gasteiger partial charge on any atom is 0.252 e. The Balaban J connectivity index is 1.42. The van der Waals surface area contributed by atoms with Crippen molar-refractivity contribution in [3.63, 3.8) is 0 Å². The summed E-state index contributed by atoms with van der Waals surface area (Å²) in [6, 6.07) is 5.67. The number of hydrogen-bond donors (Lipinski definition) is 1. The van der Waals surface area contributed by atoms with Crippen LogP contribution in [-0.2, 0) is 13.1 Å². The molecule has 0 fully saturated rings. The van der Waals surface area contributed by atoms with Gasteiger partial charge in [-0.2, -0.15) is 0 Å². The molecule has 1 amide bonds. The van der Waals surface area contributed by atoms with E-state index in [1.165, 1.54) is 0 Å². The maximum absolute atomic E-state index is 12.4. The number of imidazole rings is 2. The molecular formula is C20H21N7O. The van der Waals surface area contributed by atoms with E-state index in [-0.39, 0.29) is 5.91 Å². The summed E-state index contributed by atoms with van der Waals surface area (Å²) in [6.07, 6.45) is 8.67. The van der Waals surface area contributed by atoms with E-state index in [0.29, 0.717) is 30.7 Å². The zero-order valence-corrected chi connectivity index (χ0v) is 15.8. The number of rotatable bonds is 6. The van der Waals surface area contributed by atoms with Crippen molar-refractivity contribution in [1.29, 1.82) is 0 Å². The van der Waals surface area contributed by atoms with Gasteiger partial charge >= 0.3 is 0 Å². The molecule has 142 valence electrons. The average Bonchev–Trinajstić information content (AvgIpc) is 3.26. The highest BCUT2D eigenvalue weighted by Crippen LogP contribution is 2.14. The maximum atomic E-state index is 12.4. The minimum absolute atomic E-state index is 0.161. The quantitative estimate of drug-likeness (QED) is 0.557. The zero-order chi connectivity index (χ0) is 19.5. The number of hydrogen-bond acceptors (Lipinski definition) is 5. The highest BCUT2D eigenvalue weighted by Gasteiger charge is 2.11. The third kappa shape index (κ3) is 3.62. The Morgan fingerprint density at radius 2 is 1.96 bits per heavy atom. The van der Waals surface area contributed by atoms with Crippen molar-refractivity contribution in [2.45, 2.75) is 26.9 Å². The van der Waals surface area contributed by atoms with Crippen molar-refractivity contribution in [3.8, 4) is 0 Å². The number of amides is 1. The van der Waals surface area contributed by atoms with Crippen LogP contribution in [0.15, 0.2) is 49.4 Å². The predicted molar refractivity (Wildman–Crippen MR) is 105 cm³/mol. The second-order valence-corrected chi connectivity index (χ2v) is 6.67. The summed E-state index contributed by atoms with van der Waals surface area (Å²) < 4.78 is 3.97.